The van der Waals surface area contributed by atoms with Crippen LogP contribution in [0.4, 0.5) is 11.4 Å². The zero-order valence-electron chi connectivity index (χ0n) is 22.4. The van der Waals surface area contributed by atoms with Gasteiger partial charge >= 0.3 is 0 Å². The minimum absolute atomic E-state index is 0.0117. The third-order valence-corrected chi connectivity index (χ3v) is 7.17. The van der Waals surface area contributed by atoms with E-state index in [0.29, 0.717) is 61.8 Å². The van der Waals surface area contributed by atoms with Crippen molar-refractivity contribution in [3.05, 3.63) is 120 Å². The minimum Gasteiger partial charge on any atom is -0.489 e. The Labute approximate surface area is 235 Å². The molecule has 1 fully saturated rings. The number of rotatable bonds is 10. The fourth-order valence-corrected chi connectivity index (χ4v) is 4.92. The van der Waals surface area contributed by atoms with Crippen LogP contribution in [0.5, 0.6) is 11.5 Å². The Morgan fingerprint density at radius 1 is 0.550 bits per heavy atom. The van der Waals surface area contributed by atoms with Crippen LogP contribution in [0.3, 0.4) is 0 Å². The van der Waals surface area contributed by atoms with E-state index in [1.807, 2.05) is 109 Å². The van der Waals surface area contributed by atoms with Gasteiger partial charge in [-0.2, -0.15) is 0 Å². The van der Waals surface area contributed by atoms with E-state index in [9.17, 15) is 9.59 Å². The molecule has 1 saturated carbocycles. The lowest BCUT2D eigenvalue weighted by Gasteiger charge is -2.27. The summed E-state index contributed by atoms with van der Waals surface area (Å²) in [7, 11) is 0. The molecule has 0 radical (unpaired) electrons. The summed E-state index contributed by atoms with van der Waals surface area (Å²) in [6, 6.07) is 34.9. The first-order valence-corrected chi connectivity index (χ1v) is 13.8. The predicted molar refractivity (Wildman–Crippen MR) is 157 cm³/mol. The maximum Gasteiger partial charge on any atom is 0.227 e. The van der Waals surface area contributed by atoms with Crippen LogP contribution >= 0.6 is 0 Å². The van der Waals surface area contributed by atoms with Crippen LogP contribution in [-0.2, 0) is 22.8 Å². The predicted octanol–water partition coefficient (Wildman–Crippen LogP) is 7.23. The smallest absolute Gasteiger partial charge is 0.227 e. The summed E-state index contributed by atoms with van der Waals surface area (Å²) in [4.78, 5) is 25.9. The highest BCUT2D eigenvalue weighted by Crippen LogP contribution is 2.31. The van der Waals surface area contributed by atoms with Gasteiger partial charge in [0.2, 0.25) is 11.8 Å². The monoisotopic (exact) mass is 534 g/mol. The van der Waals surface area contributed by atoms with Crippen molar-refractivity contribution in [2.24, 2.45) is 11.8 Å². The number of hydrogen-bond donors (Lipinski definition) is 2. The Bertz CT molecular complexity index is 1290. The van der Waals surface area contributed by atoms with Crippen molar-refractivity contribution in [2.45, 2.75) is 38.9 Å². The molecule has 1 aliphatic carbocycles. The van der Waals surface area contributed by atoms with Gasteiger partial charge in [0.05, 0.1) is 0 Å². The highest BCUT2D eigenvalue weighted by Gasteiger charge is 2.30. The van der Waals surface area contributed by atoms with E-state index < -0.39 is 0 Å². The zero-order valence-corrected chi connectivity index (χ0v) is 22.4. The molecule has 4 aromatic rings. The molecular formula is C34H34N2O4. The first-order chi connectivity index (χ1) is 19.6. The molecule has 6 nitrogen and oxygen atoms in total. The van der Waals surface area contributed by atoms with E-state index in [-0.39, 0.29) is 23.7 Å². The first kappa shape index (κ1) is 27.0. The minimum atomic E-state index is -0.118. The number of nitrogens with one attached hydrogen (secondary N) is 2. The Morgan fingerprint density at radius 2 is 0.950 bits per heavy atom. The second kappa shape index (κ2) is 13.5. The van der Waals surface area contributed by atoms with Crippen LogP contribution in [0.25, 0.3) is 0 Å². The number of amides is 2. The third kappa shape index (κ3) is 7.73. The molecule has 5 rings (SSSR count). The van der Waals surface area contributed by atoms with Crippen LogP contribution < -0.4 is 20.1 Å². The van der Waals surface area contributed by atoms with Gasteiger partial charge in [-0.1, -0.05) is 72.8 Å². The van der Waals surface area contributed by atoms with Crippen molar-refractivity contribution in [2.75, 3.05) is 10.6 Å². The molecule has 1 aliphatic rings. The summed E-state index contributed by atoms with van der Waals surface area (Å²) in [6.07, 6.45) is 2.70. The van der Waals surface area contributed by atoms with Crippen LogP contribution in [0.2, 0.25) is 0 Å². The molecule has 2 amide bonds. The van der Waals surface area contributed by atoms with E-state index in [2.05, 4.69) is 10.6 Å². The summed E-state index contributed by atoms with van der Waals surface area (Å²) in [5.74, 6) is 1.15. The standard InChI is InChI=1S/C34H34N2O4/c37-33(35-29-13-7-15-31(21-29)39-23-25-9-3-1-4-10-25)27-17-19-28(20-18-27)34(38)36-30-14-8-16-32(22-30)40-24-26-11-5-2-6-12-26/h1-16,21-22,27-28H,17-20,23-24H2,(H,35,37)(H,36,38). The van der Waals surface area contributed by atoms with Gasteiger partial charge in [0.25, 0.3) is 0 Å². The summed E-state index contributed by atoms with van der Waals surface area (Å²) >= 11 is 0. The normalized spacial score (nSPS) is 16.5. The molecule has 0 saturated heterocycles. The summed E-state index contributed by atoms with van der Waals surface area (Å²) in [5, 5.41) is 6.06. The molecule has 0 unspecified atom stereocenters. The van der Waals surface area contributed by atoms with Crippen molar-refractivity contribution in [3.63, 3.8) is 0 Å². The molecule has 0 heterocycles. The number of carbonyl (C=O) groups is 2. The maximum atomic E-state index is 13.0. The average molecular weight is 535 g/mol. The molecular weight excluding hydrogens is 500 g/mol. The zero-order chi connectivity index (χ0) is 27.6. The van der Waals surface area contributed by atoms with Gasteiger partial charge < -0.3 is 20.1 Å². The van der Waals surface area contributed by atoms with E-state index in [1.165, 1.54) is 0 Å². The second-order valence-electron chi connectivity index (χ2n) is 10.1. The maximum absolute atomic E-state index is 13.0. The van der Waals surface area contributed by atoms with Crippen molar-refractivity contribution >= 4 is 23.2 Å². The lowest BCUT2D eigenvalue weighted by atomic mass is 9.81. The van der Waals surface area contributed by atoms with E-state index >= 15 is 0 Å². The van der Waals surface area contributed by atoms with Gasteiger partial charge in [-0.25, -0.2) is 0 Å². The molecule has 0 bridgehead atoms. The number of carbonyl (C=O) groups excluding carboxylic acids is 2. The fraction of sp³-hybridized carbons (Fsp3) is 0.235. The van der Waals surface area contributed by atoms with Gasteiger partial charge in [-0.15, -0.1) is 0 Å². The van der Waals surface area contributed by atoms with Crippen molar-refractivity contribution < 1.29 is 19.1 Å². The van der Waals surface area contributed by atoms with Gasteiger partial charge in [0.15, 0.2) is 0 Å². The SMILES string of the molecule is O=C(Nc1cccc(OCc2ccccc2)c1)C1CCC(C(=O)Nc2cccc(OCc3ccccc3)c2)CC1. The number of benzene rings is 4. The third-order valence-electron chi connectivity index (χ3n) is 7.17. The molecule has 0 spiro atoms. The molecule has 0 aromatic heterocycles. The van der Waals surface area contributed by atoms with Crippen LogP contribution in [-0.4, -0.2) is 11.8 Å². The quantitative estimate of drug-likeness (QED) is 0.225. The molecule has 40 heavy (non-hydrogen) atoms. The largest absolute Gasteiger partial charge is 0.489 e. The summed E-state index contributed by atoms with van der Waals surface area (Å²) < 4.78 is 11.8. The van der Waals surface area contributed by atoms with Crippen LogP contribution in [0.1, 0.15) is 36.8 Å². The van der Waals surface area contributed by atoms with E-state index in [4.69, 9.17) is 9.47 Å². The van der Waals surface area contributed by atoms with E-state index in [1.54, 1.807) is 0 Å². The molecule has 4 aromatic carbocycles. The lowest BCUT2D eigenvalue weighted by Crippen LogP contribution is -2.32. The topological polar surface area (TPSA) is 76.7 Å². The molecule has 204 valence electrons. The van der Waals surface area contributed by atoms with E-state index in [0.717, 1.165) is 11.1 Å². The van der Waals surface area contributed by atoms with Crippen molar-refractivity contribution in [1.29, 1.82) is 0 Å². The second-order valence-corrected chi connectivity index (χ2v) is 10.1. The van der Waals surface area contributed by atoms with Gasteiger partial charge in [0.1, 0.15) is 24.7 Å². The Balaban J connectivity index is 1.07. The molecule has 0 atom stereocenters. The summed E-state index contributed by atoms with van der Waals surface area (Å²) in [5.41, 5.74) is 3.60. The number of hydrogen-bond acceptors (Lipinski definition) is 4. The molecule has 0 aliphatic heterocycles. The Morgan fingerprint density at radius 3 is 1.35 bits per heavy atom. The number of anilines is 2. The van der Waals surface area contributed by atoms with Crippen LogP contribution in [0.15, 0.2) is 109 Å². The molecule has 2 N–H and O–H groups in total. The van der Waals surface area contributed by atoms with Crippen LogP contribution in [0, 0.1) is 11.8 Å². The highest BCUT2D eigenvalue weighted by molar-refractivity contribution is 5.94. The summed E-state index contributed by atoms with van der Waals surface area (Å²) in [6.45, 7) is 0.935. The van der Waals surface area contributed by atoms with Crippen molar-refractivity contribution in [1.82, 2.24) is 0 Å². The number of ether oxygens (including phenoxy) is 2. The average Bonchev–Trinajstić information content (AvgIpc) is 3.00. The molecule has 6 heteroatoms. The fourth-order valence-electron chi connectivity index (χ4n) is 4.92. The first-order valence-electron chi connectivity index (χ1n) is 13.8. The van der Waals surface area contributed by atoms with Gasteiger partial charge in [0, 0.05) is 35.3 Å². The van der Waals surface area contributed by atoms with Gasteiger partial charge in [-0.05, 0) is 61.1 Å². The highest BCUT2D eigenvalue weighted by atomic mass is 16.5. The van der Waals surface area contributed by atoms with Gasteiger partial charge in [-0.3, -0.25) is 9.59 Å². The Hall–Kier alpha value is -4.58. The van der Waals surface area contributed by atoms with Crippen molar-refractivity contribution in [3.8, 4) is 11.5 Å². The lowest BCUT2D eigenvalue weighted by molar-refractivity contribution is -0.125. The Kier molecular flexibility index (Phi) is 9.09.